The van der Waals surface area contributed by atoms with Crippen molar-refractivity contribution >= 4 is 0 Å². The first-order chi connectivity index (χ1) is 8.17. The van der Waals surface area contributed by atoms with Gasteiger partial charge in [0.05, 0.1) is 11.1 Å². The molecule has 0 saturated heterocycles. The Balaban J connectivity index is 3.08. The van der Waals surface area contributed by atoms with Crippen molar-refractivity contribution in [3.63, 3.8) is 0 Å². The molecule has 1 atom stereocenters. The van der Waals surface area contributed by atoms with E-state index in [1.54, 1.807) is 26.8 Å². The molecule has 0 heterocycles. The van der Waals surface area contributed by atoms with Gasteiger partial charge in [0.25, 0.3) is 0 Å². The number of halogens is 3. The van der Waals surface area contributed by atoms with Gasteiger partial charge in [-0.3, -0.25) is 5.32 Å². The van der Waals surface area contributed by atoms with E-state index < -0.39 is 23.3 Å². The van der Waals surface area contributed by atoms with Gasteiger partial charge >= 0.3 is 6.18 Å². The van der Waals surface area contributed by atoms with E-state index in [2.05, 4.69) is 11.2 Å². The molecule has 0 saturated carbocycles. The van der Waals surface area contributed by atoms with Crippen molar-refractivity contribution in [3.05, 3.63) is 35.4 Å². The molecule has 0 fully saturated rings. The van der Waals surface area contributed by atoms with Crippen LogP contribution in [0.2, 0.25) is 0 Å². The molecule has 0 aliphatic heterocycles. The predicted octanol–water partition coefficient (Wildman–Crippen LogP) is 3.77. The number of benzene rings is 1. The molecule has 0 bridgehead atoms. The van der Waals surface area contributed by atoms with Gasteiger partial charge < -0.3 is 0 Å². The van der Waals surface area contributed by atoms with Gasteiger partial charge in [0.1, 0.15) is 0 Å². The Labute approximate surface area is 105 Å². The number of terminal acetylenes is 1. The lowest BCUT2D eigenvalue weighted by atomic mass is 9.97. The van der Waals surface area contributed by atoms with Gasteiger partial charge in [-0.2, -0.15) is 13.2 Å². The second-order valence-corrected chi connectivity index (χ2v) is 4.72. The first kappa shape index (κ1) is 14.6. The minimum atomic E-state index is -4.35. The Morgan fingerprint density at radius 2 is 1.78 bits per heavy atom. The third-order valence-electron chi connectivity index (χ3n) is 2.67. The second kappa shape index (κ2) is 5.03. The van der Waals surface area contributed by atoms with Gasteiger partial charge in [-0.15, -0.1) is 6.42 Å². The van der Waals surface area contributed by atoms with Crippen LogP contribution < -0.4 is 5.32 Å². The van der Waals surface area contributed by atoms with Crippen molar-refractivity contribution < 1.29 is 13.2 Å². The maximum absolute atomic E-state index is 12.9. The Morgan fingerprint density at radius 3 is 2.28 bits per heavy atom. The molecular weight excluding hydrogens is 239 g/mol. The summed E-state index contributed by atoms with van der Waals surface area (Å²) in [4.78, 5) is 0. The van der Waals surface area contributed by atoms with Crippen molar-refractivity contribution in [2.24, 2.45) is 0 Å². The predicted molar refractivity (Wildman–Crippen MR) is 65.9 cm³/mol. The van der Waals surface area contributed by atoms with Gasteiger partial charge in [0.2, 0.25) is 0 Å². The van der Waals surface area contributed by atoms with Crippen molar-refractivity contribution in [2.75, 3.05) is 0 Å². The minimum Gasteiger partial charge on any atom is -0.295 e. The fourth-order valence-electron chi connectivity index (χ4n) is 1.79. The average molecular weight is 255 g/mol. The van der Waals surface area contributed by atoms with E-state index in [1.807, 2.05) is 0 Å². The van der Waals surface area contributed by atoms with E-state index in [9.17, 15) is 13.2 Å². The molecule has 0 aliphatic rings. The summed E-state index contributed by atoms with van der Waals surface area (Å²) >= 11 is 0. The maximum atomic E-state index is 12.9. The van der Waals surface area contributed by atoms with E-state index in [-0.39, 0.29) is 5.56 Å². The van der Waals surface area contributed by atoms with Crippen LogP contribution in [0.1, 0.15) is 37.9 Å². The summed E-state index contributed by atoms with van der Waals surface area (Å²) in [5.74, 6) is 2.51. The summed E-state index contributed by atoms with van der Waals surface area (Å²) in [7, 11) is 0. The molecule has 1 unspecified atom stereocenters. The van der Waals surface area contributed by atoms with Gasteiger partial charge in [0.15, 0.2) is 0 Å². The number of rotatable bonds is 3. The molecule has 1 nitrogen and oxygen atoms in total. The quantitative estimate of drug-likeness (QED) is 0.811. The highest BCUT2D eigenvalue weighted by Crippen LogP contribution is 2.34. The molecule has 0 aromatic heterocycles. The van der Waals surface area contributed by atoms with Gasteiger partial charge in [-0.05, 0) is 32.4 Å². The van der Waals surface area contributed by atoms with Crippen LogP contribution in [-0.2, 0) is 6.18 Å². The smallest absolute Gasteiger partial charge is 0.295 e. The van der Waals surface area contributed by atoms with Crippen molar-refractivity contribution in [2.45, 2.75) is 38.5 Å². The maximum Gasteiger partial charge on any atom is 0.416 e. The van der Waals surface area contributed by atoms with Crippen molar-refractivity contribution in [3.8, 4) is 12.3 Å². The summed E-state index contributed by atoms with van der Waals surface area (Å²) in [6.07, 6.45) is 0.967. The van der Waals surface area contributed by atoms with Gasteiger partial charge in [-0.25, -0.2) is 0 Å². The summed E-state index contributed by atoms with van der Waals surface area (Å²) in [6, 6.07) is 5.04. The Kier molecular flexibility index (Phi) is 4.08. The zero-order valence-corrected chi connectivity index (χ0v) is 10.6. The molecule has 98 valence electrons. The highest BCUT2D eigenvalue weighted by molar-refractivity contribution is 5.32. The Bertz CT molecular complexity index is 455. The zero-order valence-electron chi connectivity index (χ0n) is 10.6. The van der Waals surface area contributed by atoms with E-state index in [4.69, 9.17) is 6.42 Å². The van der Waals surface area contributed by atoms with E-state index >= 15 is 0 Å². The topological polar surface area (TPSA) is 12.0 Å². The molecule has 1 aromatic rings. The van der Waals surface area contributed by atoms with Crippen LogP contribution in [0.15, 0.2) is 24.3 Å². The minimum absolute atomic E-state index is 0.202. The van der Waals surface area contributed by atoms with Crippen LogP contribution in [0.3, 0.4) is 0 Å². The molecule has 0 radical (unpaired) electrons. The molecule has 1 N–H and O–H groups in total. The van der Waals surface area contributed by atoms with Crippen LogP contribution in [0.5, 0.6) is 0 Å². The van der Waals surface area contributed by atoms with Gasteiger partial charge in [0, 0.05) is 6.04 Å². The summed E-state index contributed by atoms with van der Waals surface area (Å²) < 4.78 is 38.6. The molecule has 1 rings (SSSR count). The largest absolute Gasteiger partial charge is 0.416 e. The van der Waals surface area contributed by atoms with Crippen LogP contribution in [0, 0.1) is 12.3 Å². The number of nitrogens with one attached hydrogen (secondary N) is 1. The molecule has 1 aromatic carbocycles. The average Bonchev–Trinajstić information content (AvgIpc) is 2.27. The molecule has 0 spiro atoms. The Morgan fingerprint density at radius 1 is 1.22 bits per heavy atom. The van der Waals surface area contributed by atoms with Crippen LogP contribution >= 0.6 is 0 Å². The van der Waals surface area contributed by atoms with Crippen LogP contribution in [0.4, 0.5) is 13.2 Å². The molecule has 0 aliphatic carbocycles. The second-order valence-electron chi connectivity index (χ2n) is 4.72. The standard InChI is InChI=1S/C14H16F3N/c1-5-13(3,4)18-10(2)11-8-6-7-9-12(11)14(15,16)17/h1,6-10,18H,2-4H3. The summed E-state index contributed by atoms with van der Waals surface area (Å²) in [6.45, 7) is 5.17. The highest BCUT2D eigenvalue weighted by Gasteiger charge is 2.34. The molecule has 18 heavy (non-hydrogen) atoms. The molecule has 0 amide bonds. The zero-order chi connectivity index (χ0) is 14.0. The fourth-order valence-corrected chi connectivity index (χ4v) is 1.79. The number of alkyl halides is 3. The van der Waals surface area contributed by atoms with E-state index in [0.29, 0.717) is 0 Å². The lowest BCUT2D eigenvalue weighted by Gasteiger charge is -2.27. The van der Waals surface area contributed by atoms with E-state index in [1.165, 1.54) is 12.1 Å². The molecular formula is C14H16F3N. The lowest BCUT2D eigenvalue weighted by molar-refractivity contribution is -0.138. The monoisotopic (exact) mass is 255 g/mol. The summed E-state index contributed by atoms with van der Waals surface area (Å²) in [5.41, 5.74) is -1.08. The summed E-state index contributed by atoms with van der Waals surface area (Å²) in [5, 5.41) is 3.00. The van der Waals surface area contributed by atoms with Crippen LogP contribution in [0.25, 0.3) is 0 Å². The van der Waals surface area contributed by atoms with E-state index in [0.717, 1.165) is 6.07 Å². The Hall–Kier alpha value is -1.47. The number of hydrogen-bond donors (Lipinski definition) is 1. The first-order valence-corrected chi connectivity index (χ1v) is 5.59. The highest BCUT2D eigenvalue weighted by atomic mass is 19.4. The lowest BCUT2D eigenvalue weighted by Crippen LogP contribution is -2.39. The van der Waals surface area contributed by atoms with Gasteiger partial charge in [-0.1, -0.05) is 24.1 Å². The first-order valence-electron chi connectivity index (χ1n) is 5.59. The third-order valence-corrected chi connectivity index (χ3v) is 2.67. The van der Waals surface area contributed by atoms with Crippen molar-refractivity contribution in [1.82, 2.24) is 5.32 Å². The SMILES string of the molecule is C#CC(C)(C)NC(C)c1ccccc1C(F)(F)F. The normalized spacial score (nSPS) is 14.1. The fraction of sp³-hybridized carbons (Fsp3) is 0.429. The molecule has 4 heteroatoms. The number of hydrogen-bond acceptors (Lipinski definition) is 1. The van der Waals surface area contributed by atoms with Crippen molar-refractivity contribution in [1.29, 1.82) is 0 Å². The van der Waals surface area contributed by atoms with Crippen LogP contribution in [-0.4, -0.2) is 5.54 Å². The third kappa shape index (κ3) is 3.51.